The largest absolute Gasteiger partial charge is 0.450 e. The number of piperidine rings is 1. The molecule has 1 aromatic carbocycles. The molecule has 0 unspecified atom stereocenters. The summed E-state index contributed by atoms with van der Waals surface area (Å²) in [4.78, 5) is 25.9. The van der Waals surface area contributed by atoms with E-state index in [1.807, 2.05) is 0 Å². The van der Waals surface area contributed by atoms with Gasteiger partial charge in [0.25, 0.3) is 5.91 Å². The van der Waals surface area contributed by atoms with Gasteiger partial charge in [-0.15, -0.1) is 0 Å². The van der Waals surface area contributed by atoms with Gasteiger partial charge in [-0.2, -0.15) is 0 Å². The lowest BCUT2D eigenvalue weighted by molar-refractivity contribution is 0.0860. The Balaban J connectivity index is 1.64. The summed E-state index contributed by atoms with van der Waals surface area (Å²) < 4.78 is 53.9. The Morgan fingerprint density at radius 3 is 2.50 bits per heavy atom. The van der Waals surface area contributed by atoms with Crippen molar-refractivity contribution >= 4 is 31.7 Å². The molecule has 0 saturated carbocycles. The molecule has 2 aliphatic rings. The zero-order valence-electron chi connectivity index (χ0n) is 16.7. The fourth-order valence-corrected chi connectivity index (χ4v) is 8.11. The molecule has 0 spiro atoms. The molecule has 0 aromatic heterocycles. The number of carbonyl (C=O) groups is 2. The SMILES string of the molecule is CCOC(=O)N1CCC(NC(=O)c2cccc(S(=O)(=O)[C@H]3CCS(=O)(=O)C3)c2)CC1. The van der Waals surface area contributed by atoms with Crippen LogP contribution in [0, 0.1) is 0 Å². The van der Waals surface area contributed by atoms with Crippen molar-refractivity contribution < 1.29 is 31.2 Å². The van der Waals surface area contributed by atoms with E-state index in [9.17, 15) is 26.4 Å². The maximum absolute atomic E-state index is 12.8. The zero-order valence-corrected chi connectivity index (χ0v) is 18.4. The molecule has 30 heavy (non-hydrogen) atoms. The number of likely N-dealkylation sites (tertiary alicyclic amines) is 1. The van der Waals surface area contributed by atoms with E-state index in [1.54, 1.807) is 11.8 Å². The average molecular weight is 459 g/mol. The van der Waals surface area contributed by atoms with Gasteiger partial charge < -0.3 is 15.0 Å². The molecule has 1 atom stereocenters. The Bertz CT molecular complexity index is 1010. The quantitative estimate of drug-likeness (QED) is 0.697. The Labute approximate surface area is 176 Å². The van der Waals surface area contributed by atoms with E-state index in [0.717, 1.165) is 0 Å². The minimum atomic E-state index is -3.84. The molecule has 1 N–H and O–H groups in total. The zero-order chi connectivity index (χ0) is 21.9. The second-order valence-electron chi connectivity index (χ2n) is 7.53. The van der Waals surface area contributed by atoms with Gasteiger partial charge in [0.05, 0.1) is 28.3 Å². The van der Waals surface area contributed by atoms with E-state index < -0.39 is 30.8 Å². The van der Waals surface area contributed by atoms with Gasteiger partial charge in [0.2, 0.25) is 0 Å². The van der Waals surface area contributed by atoms with Crippen molar-refractivity contribution in [2.75, 3.05) is 31.2 Å². The van der Waals surface area contributed by atoms with Crippen LogP contribution in [0.5, 0.6) is 0 Å². The molecule has 3 rings (SSSR count). The van der Waals surface area contributed by atoms with Gasteiger partial charge in [-0.3, -0.25) is 4.79 Å². The number of sulfone groups is 2. The standard InChI is InChI=1S/C19H26N2O7S2/c1-2-28-19(23)21-9-6-15(7-10-21)20-18(22)14-4-3-5-16(12-14)30(26,27)17-8-11-29(24,25)13-17/h3-5,12,15,17H,2,6-11,13H2,1H3,(H,20,22)/t17-/m0/s1. The van der Waals surface area contributed by atoms with Crippen LogP contribution in [0.15, 0.2) is 29.2 Å². The summed E-state index contributed by atoms with van der Waals surface area (Å²) in [6.45, 7) is 2.98. The summed E-state index contributed by atoms with van der Waals surface area (Å²) in [5.41, 5.74) is 0.199. The first-order valence-electron chi connectivity index (χ1n) is 9.89. The summed E-state index contributed by atoms with van der Waals surface area (Å²) >= 11 is 0. The molecule has 2 aliphatic heterocycles. The third kappa shape index (κ3) is 5.12. The number of ether oxygens (including phenoxy) is 1. The smallest absolute Gasteiger partial charge is 0.409 e. The van der Waals surface area contributed by atoms with Gasteiger partial charge in [-0.1, -0.05) is 6.07 Å². The van der Waals surface area contributed by atoms with Gasteiger partial charge in [-0.05, 0) is 44.4 Å². The van der Waals surface area contributed by atoms with E-state index in [2.05, 4.69) is 5.32 Å². The van der Waals surface area contributed by atoms with E-state index in [-0.39, 0.29) is 40.5 Å². The number of benzene rings is 1. The predicted molar refractivity (Wildman–Crippen MR) is 110 cm³/mol. The van der Waals surface area contributed by atoms with E-state index in [0.29, 0.717) is 32.5 Å². The van der Waals surface area contributed by atoms with Crippen LogP contribution in [-0.4, -0.2) is 76.2 Å². The molecule has 1 aromatic rings. The van der Waals surface area contributed by atoms with Crippen LogP contribution >= 0.6 is 0 Å². The van der Waals surface area contributed by atoms with E-state index >= 15 is 0 Å². The Morgan fingerprint density at radius 1 is 1.20 bits per heavy atom. The molecular formula is C19H26N2O7S2. The highest BCUT2D eigenvalue weighted by Crippen LogP contribution is 2.26. The molecule has 2 heterocycles. The van der Waals surface area contributed by atoms with Crippen molar-refractivity contribution in [1.29, 1.82) is 0 Å². The number of nitrogens with one attached hydrogen (secondary N) is 1. The summed E-state index contributed by atoms with van der Waals surface area (Å²) in [6.07, 6.45) is 0.847. The highest BCUT2D eigenvalue weighted by Gasteiger charge is 2.38. The molecule has 9 nitrogen and oxygen atoms in total. The van der Waals surface area contributed by atoms with E-state index in [1.165, 1.54) is 24.3 Å². The lowest BCUT2D eigenvalue weighted by Crippen LogP contribution is -2.46. The molecule has 0 bridgehead atoms. The second kappa shape index (κ2) is 8.93. The van der Waals surface area contributed by atoms with Crippen LogP contribution < -0.4 is 5.32 Å². The molecule has 2 fully saturated rings. The van der Waals surface area contributed by atoms with Gasteiger partial charge in [0.1, 0.15) is 0 Å². The lowest BCUT2D eigenvalue weighted by Gasteiger charge is -2.31. The van der Waals surface area contributed by atoms with Crippen molar-refractivity contribution in [1.82, 2.24) is 10.2 Å². The molecule has 0 aliphatic carbocycles. The third-order valence-corrected chi connectivity index (χ3v) is 9.58. The number of hydrogen-bond acceptors (Lipinski definition) is 7. The van der Waals surface area contributed by atoms with Gasteiger partial charge >= 0.3 is 6.09 Å². The van der Waals surface area contributed by atoms with Gasteiger partial charge in [0, 0.05) is 24.7 Å². The van der Waals surface area contributed by atoms with Crippen molar-refractivity contribution in [3.63, 3.8) is 0 Å². The first-order chi connectivity index (χ1) is 14.1. The fraction of sp³-hybridized carbons (Fsp3) is 0.579. The summed E-state index contributed by atoms with van der Waals surface area (Å²) in [7, 11) is -7.18. The summed E-state index contributed by atoms with van der Waals surface area (Å²) in [6, 6.07) is 5.55. The Morgan fingerprint density at radius 2 is 1.90 bits per heavy atom. The van der Waals surface area contributed by atoms with Crippen LogP contribution in [0.4, 0.5) is 4.79 Å². The first-order valence-corrected chi connectivity index (χ1v) is 13.3. The fourth-order valence-electron chi connectivity index (χ4n) is 3.70. The van der Waals surface area contributed by atoms with Crippen LogP contribution in [-0.2, 0) is 24.4 Å². The molecule has 0 radical (unpaired) electrons. The number of rotatable bonds is 5. The topological polar surface area (TPSA) is 127 Å². The maximum atomic E-state index is 12.8. The molecule has 2 saturated heterocycles. The highest BCUT2D eigenvalue weighted by molar-refractivity contribution is 7.96. The number of amides is 2. The second-order valence-corrected chi connectivity index (χ2v) is 12.0. The number of nitrogens with zero attached hydrogens (tertiary/aromatic N) is 1. The molecule has 166 valence electrons. The average Bonchev–Trinajstić information content (AvgIpc) is 3.09. The highest BCUT2D eigenvalue weighted by atomic mass is 32.2. The third-order valence-electron chi connectivity index (χ3n) is 5.41. The summed E-state index contributed by atoms with van der Waals surface area (Å²) in [5.74, 6) is -0.924. The lowest BCUT2D eigenvalue weighted by atomic mass is 10.0. The minimum absolute atomic E-state index is 0.0469. The van der Waals surface area contributed by atoms with Crippen molar-refractivity contribution in [3.05, 3.63) is 29.8 Å². The van der Waals surface area contributed by atoms with Crippen LogP contribution in [0.25, 0.3) is 0 Å². The monoisotopic (exact) mass is 458 g/mol. The van der Waals surface area contributed by atoms with Crippen molar-refractivity contribution in [3.8, 4) is 0 Å². The summed E-state index contributed by atoms with van der Waals surface area (Å²) in [5, 5.41) is 1.90. The number of carbonyl (C=O) groups excluding carboxylic acids is 2. The van der Waals surface area contributed by atoms with E-state index in [4.69, 9.17) is 4.74 Å². The van der Waals surface area contributed by atoms with Crippen LogP contribution in [0.2, 0.25) is 0 Å². The van der Waals surface area contributed by atoms with Crippen LogP contribution in [0.1, 0.15) is 36.5 Å². The first kappa shape index (κ1) is 22.5. The molecule has 11 heteroatoms. The minimum Gasteiger partial charge on any atom is -0.450 e. The Kier molecular flexibility index (Phi) is 6.71. The Hall–Kier alpha value is -2.14. The maximum Gasteiger partial charge on any atom is 0.409 e. The van der Waals surface area contributed by atoms with Crippen molar-refractivity contribution in [2.45, 2.75) is 42.4 Å². The molecule has 2 amide bonds. The normalized spacial score (nSPS) is 21.9. The number of hydrogen-bond donors (Lipinski definition) is 1. The van der Waals surface area contributed by atoms with Gasteiger partial charge in [0.15, 0.2) is 19.7 Å². The predicted octanol–water partition coefficient (Wildman–Crippen LogP) is 0.998. The van der Waals surface area contributed by atoms with Crippen LogP contribution in [0.3, 0.4) is 0 Å². The van der Waals surface area contributed by atoms with Crippen molar-refractivity contribution in [2.24, 2.45) is 0 Å². The van der Waals surface area contributed by atoms with Gasteiger partial charge in [-0.25, -0.2) is 21.6 Å². The molecular weight excluding hydrogens is 432 g/mol.